The maximum absolute atomic E-state index is 11.2. The Morgan fingerprint density at radius 2 is 2.47 bits per heavy atom. The molecule has 0 amide bonds. The van der Waals surface area contributed by atoms with E-state index in [4.69, 9.17) is 21.6 Å². The normalized spacial score (nSPS) is 10.8. The molecule has 0 aromatic carbocycles. The average Bonchev–Trinajstić information content (AvgIpc) is 2.81. The van der Waals surface area contributed by atoms with Crippen LogP contribution < -0.4 is 0 Å². The van der Waals surface area contributed by atoms with Gasteiger partial charge in [-0.1, -0.05) is 11.6 Å². The third kappa shape index (κ3) is 2.92. The maximum Gasteiger partial charge on any atom is 0.330 e. The quantitative estimate of drug-likeness (QED) is 0.642. The first-order valence-corrected chi connectivity index (χ1v) is 6.68. The SMILES string of the molecule is CCOC(=O)/C=C/c1cc2c(Cl)c(C#N)cnc2s1. The van der Waals surface area contributed by atoms with Gasteiger partial charge in [-0.05, 0) is 19.1 Å². The van der Waals surface area contributed by atoms with Crippen LogP contribution in [-0.4, -0.2) is 17.6 Å². The number of aromatic nitrogens is 1. The third-order valence-electron chi connectivity index (χ3n) is 2.31. The second-order valence-corrected chi connectivity index (χ2v) is 4.99. The van der Waals surface area contributed by atoms with Crippen molar-refractivity contribution < 1.29 is 9.53 Å². The maximum atomic E-state index is 11.2. The van der Waals surface area contributed by atoms with Gasteiger partial charge in [0.2, 0.25) is 0 Å². The molecule has 0 bridgehead atoms. The first-order chi connectivity index (χ1) is 9.15. The van der Waals surface area contributed by atoms with Crippen LogP contribution in [0.4, 0.5) is 0 Å². The largest absolute Gasteiger partial charge is 0.463 e. The van der Waals surface area contributed by atoms with Gasteiger partial charge >= 0.3 is 5.97 Å². The Kier molecular flexibility index (Phi) is 4.15. The van der Waals surface area contributed by atoms with Crippen LogP contribution in [0.2, 0.25) is 5.02 Å². The summed E-state index contributed by atoms with van der Waals surface area (Å²) in [7, 11) is 0. The summed E-state index contributed by atoms with van der Waals surface area (Å²) >= 11 is 7.49. The van der Waals surface area contributed by atoms with Gasteiger partial charge in [-0.25, -0.2) is 9.78 Å². The lowest BCUT2D eigenvalue weighted by atomic mass is 10.2. The molecule has 19 heavy (non-hydrogen) atoms. The number of carbonyl (C=O) groups is 1. The van der Waals surface area contributed by atoms with Crippen LogP contribution in [0.1, 0.15) is 17.4 Å². The highest BCUT2D eigenvalue weighted by molar-refractivity contribution is 7.19. The van der Waals surface area contributed by atoms with Crippen LogP contribution in [0.15, 0.2) is 18.3 Å². The molecular formula is C13H9ClN2O2S. The van der Waals surface area contributed by atoms with Crippen LogP contribution in [0.25, 0.3) is 16.3 Å². The van der Waals surface area contributed by atoms with E-state index in [1.807, 2.05) is 6.07 Å². The van der Waals surface area contributed by atoms with E-state index >= 15 is 0 Å². The number of rotatable bonds is 3. The Hall–Kier alpha value is -1.90. The Morgan fingerprint density at radius 3 is 3.16 bits per heavy atom. The standard InChI is InChI=1S/C13H9ClN2O2S/c1-2-18-11(17)4-3-9-5-10-12(14)8(6-15)7-16-13(10)19-9/h3-5,7H,2H2,1H3/b4-3+. The summed E-state index contributed by atoms with van der Waals surface area (Å²) in [5.74, 6) is -0.392. The molecule has 2 aromatic heterocycles. The minimum absolute atomic E-state index is 0.341. The molecule has 2 aromatic rings. The smallest absolute Gasteiger partial charge is 0.330 e. The molecule has 6 heteroatoms. The molecular weight excluding hydrogens is 284 g/mol. The number of nitrogens with zero attached hydrogens (tertiary/aromatic N) is 2. The predicted molar refractivity (Wildman–Crippen MR) is 75.0 cm³/mol. The zero-order chi connectivity index (χ0) is 13.8. The Labute approximate surface area is 118 Å². The second kappa shape index (κ2) is 5.83. The van der Waals surface area contributed by atoms with Gasteiger partial charge in [0.15, 0.2) is 0 Å². The predicted octanol–water partition coefficient (Wildman–Crippen LogP) is 3.40. The van der Waals surface area contributed by atoms with Crippen molar-refractivity contribution in [3.8, 4) is 6.07 Å². The molecule has 0 fully saturated rings. The van der Waals surface area contributed by atoms with Crippen molar-refractivity contribution in [1.29, 1.82) is 5.26 Å². The van der Waals surface area contributed by atoms with E-state index < -0.39 is 5.97 Å². The van der Waals surface area contributed by atoms with Crippen molar-refractivity contribution in [2.24, 2.45) is 0 Å². The zero-order valence-electron chi connectivity index (χ0n) is 10.0. The van der Waals surface area contributed by atoms with Crippen molar-refractivity contribution in [2.45, 2.75) is 6.92 Å². The highest BCUT2D eigenvalue weighted by Gasteiger charge is 2.09. The summed E-state index contributed by atoms with van der Waals surface area (Å²) < 4.78 is 4.79. The number of nitriles is 1. The molecule has 4 nitrogen and oxygen atoms in total. The van der Waals surface area contributed by atoms with Crippen LogP contribution in [0, 0.1) is 11.3 Å². The van der Waals surface area contributed by atoms with E-state index in [-0.39, 0.29) is 0 Å². The Bertz CT molecular complexity index is 700. The van der Waals surface area contributed by atoms with E-state index in [1.165, 1.54) is 23.6 Å². The molecule has 0 radical (unpaired) electrons. The number of carbonyl (C=O) groups excluding carboxylic acids is 1. The lowest BCUT2D eigenvalue weighted by Crippen LogP contribution is -1.98. The number of ether oxygens (including phenoxy) is 1. The second-order valence-electron chi connectivity index (χ2n) is 3.55. The molecule has 0 aliphatic carbocycles. The van der Waals surface area contributed by atoms with Crippen molar-refractivity contribution in [3.05, 3.63) is 33.8 Å². The van der Waals surface area contributed by atoms with Crippen LogP contribution in [0.3, 0.4) is 0 Å². The van der Waals surface area contributed by atoms with Gasteiger partial charge in [-0.15, -0.1) is 11.3 Å². The molecule has 0 saturated heterocycles. The zero-order valence-corrected chi connectivity index (χ0v) is 11.6. The van der Waals surface area contributed by atoms with Gasteiger partial charge in [0.1, 0.15) is 10.9 Å². The van der Waals surface area contributed by atoms with Crippen LogP contribution in [-0.2, 0) is 9.53 Å². The summed E-state index contributed by atoms with van der Waals surface area (Å²) in [6.45, 7) is 2.09. The minimum Gasteiger partial charge on any atom is -0.463 e. The van der Waals surface area contributed by atoms with Crippen LogP contribution >= 0.6 is 22.9 Å². The first-order valence-electron chi connectivity index (χ1n) is 5.48. The lowest BCUT2D eigenvalue weighted by Gasteiger charge is -1.94. The fourth-order valence-corrected chi connectivity index (χ4v) is 2.68. The number of thiophene rings is 1. The summed E-state index contributed by atoms with van der Waals surface area (Å²) in [5.41, 5.74) is 0.341. The molecule has 0 aliphatic rings. The Balaban J connectivity index is 2.35. The van der Waals surface area contributed by atoms with Gasteiger partial charge in [0.25, 0.3) is 0 Å². The van der Waals surface area contributed by atoms with Gasteiger partial charge in [-0.2, -0.15) is 5.26 Å². The summed E-state index contributed by atoms with van der Waals surface area (Å²) in [5, 5.41) is 9.98. The van der Waals surface area contributed by atoms with E-state index in [2.05, 4.69) is 4.98 Å². The molecule has 0 spiro atoms. The lowest BCUT2D eigenvalue weighted by molar-refractivity contribution is -0.137. The summed E-state index contributed by atoms with van der Waals surface area (Å²) in [6, 6.07) is 3.78. The highest BCUT2D eigenvalue weighted by atomic mass is 35.5. The molecule has 2 rings (SSSR count). The van der Waals surface area contributed by atoms with E-state index in [9.17, 15) is 4.79 Å². The number of fused-ring (bicyclic) bond motifs is 1. The van der Waals surface area contributed by atoms with Gasteiger partial charge in [0, 0.05) is 22.5 Å². The fourth-order valence-electron chi connectivity index (χ4n) is 1.48. The highest BCUT2D eigenvalue weighted by Crippen LogP contribution is 2.32. The number of halogens is 1. The van der Waals surface area contributed by atoms with Crippen molar-refractivity contribution >= 4 is 45.2 Å². The Morgan fingerprint density at radius 1 is 1.68 bits per heavy atom. The summed E-state index contributed by atoms with van der Waals surface area (Å²) in [6.07, 6.45) is 4.44. The first kappa shape index (κ1) is 13.5. The topological polar surface area (TPSA) is 63.0 Å². The number of hydrogen-bond donors (Lipinski definition) is 0. The molecule has 2 heterocycles. The van der Waals surface area contributed by atoms with E-state index in [0.717, 1.165) is 9.71 Å². The number of hydrogen-bond acceptors (Lipinski definition) is 5. The van der Waals surface area contributed by atoms with Crippen molar-refractivity contribution in [1.82, 2.24) is 4.98 Å². The molecule has 0 N–H and O–H groups in total. The minimum atomic E-state index is -0.392. The third-order valence-corrected chi connectivity index (χ3v) is 3.72. The van der Waals surface area contributed by atoms with Crippen molar-refractivity contribution in [2.75, 3.05) is 6.61 Å². The monoisotopic (exact) mass is 292 g/mol. The number of esters is 1. The van der Waals surface area contributed by atoms with Crippen LogP contribution in [0.5, 0.6) is 0 Å². The molecule has 0 saturated carbocycles. The van der Waals surface area contributed by atoms with Gasteiger partial charge in [-0.3, -0.25) is 0 Å². The molecule has 96 valence electrons. The van der Waals surface area contributed by atoms with E-state index in [1.54, 1.807) is 19.1 Å². The molecule has 0 aliphatic heterocycles. The summed E-state index contributed by atoms with van der Waals surface area (Å²) in [4.78, 5) is 16.9. The fraction of sp³-hybridized carbons (Fsp3) is 0.154. The molecule has 0 unspecified atom stereocenters. The van der Waals surface area contributed by atoms with E-state index in [0.29, 0.717) is 22.6 Å². The van der Waals surface area contributed by atoms with Crippen molar-refractivity contribution in [3.63, 3.8) is 0 Å². The number of pyridine rings is 1. The molecule has 0 atom stereocenters. The van der Waals surface area contributed by atoms with Gasteiger partial charge in [0.05, 0.1) is 17.2 Å². The average molecular weight is 293 g/mol. The van der Waals surface area contributed by atoms with Gasteiger partial charge < -0.3 is 4.74 Å².